The number of nitrogens with zero attached hydrogens (tertiary/aromatic N) is 1. The number of urea groups is 1. The van der Waals surface area contributed by atoms with Crippen molar-refractivity contribution >= 4 is 35.2 Å². The van der Waals surface area contributed by atoms with E-state index in [1.165, 1.54) is 4.90 Å². The van der Waals surface area contributed by atoms with Crippen LogP contribution in [-0.2, 0) is 25.5 Å². The number of aryl methyl sites for hydroxylation is 1. The number of para-hydroxylation sites is 1. The summed E-state index contributed by atoms with van der Waals surface area (Å²) in [5.41, 5.74) is 2.95. The first-order valence-electron chi connectivity index (χ1n) is 11.7. The molecule has 0 aliphatic rings. The maximum absolute atomic E-state index is 12.9. The summed E-state index contributed by atoms with van der Waals surface area (Å²) < 4.78 is 5.05. The van der Waals surface area contributed by atoms with Crippen LogP contribution < -0.4 is 16.0 Å². The molecule has 4 N–H and O–H groups in total. The van der Waals surface area contributed by atoms with Gasteiger partial charge in [-0.1, -0.05) is 30.3 Å². The van der Waals surface area contributed by atoms with Crippen LogP contribution in [0.2, 0.25) is 0 Å². The van der Waals surface area contributed by atoms with Gasteiger partial charge in [0, 0.05) is 37.7 Å². The van der Waals surface area contributed by atoms with Crippen molar-refractivity contribution in [2.75, 3.05) is 37.4 Å². The highest BCUT2D eigenvalue weighted by Gasteiger charge is 2.19. The molecule has 1 unspecified atom stereocenters. The highest BCUT2D eigenvalue weighted by Crippen LogP contribution is 2.15. The van der Waals surface area contributed by atoms with Crippen molar-refractivity contribution in [2.45, 2.75) is 39.2 Å². The third-order valence-electron chi connectivity index (χ3n) is 5.31. The summed E-state index contributed by atoms with van der Waals surface area (Å²) in [4.78, 5) is 49.8. The summed E-state index contributed by atoms with van der Waals surface area (Å²) in [7, 11) is 1.56. The van der Waals surface area contributed by atoms with Crippen LogP contribution in [0.5, 0.6) is 0 Å². The van der Waals surface area contributed by atoms with E-state index < -0.39 is 17.9 Å². The average molecular weight is 499 g/mol. The first-order valence-corrected chi connectivity index (χ1v) is 11.7. The zero-order valence-corrected chi connectivity index (χ0v) is 20.9. The normalized spacial score (nSPS) is 11.3. The lowest BCUT2D eigenvalue weighted by Crippen LogP contribution is -2.44. The van der Waals surface area contributed by atoms with Crippen molar-refractivity contribution in [1.82, 2.24) is 10.2 Å². The van der Waals surface area contributed by atoms with E-state index in [1.54, 1.807) is 38.3 Å². The van der Waals surface area contributed by atoms with E-state index in [9.17, 15) is 19.2 Å². The van der Waals surface area contributed by atoms with Gasteiger partial charge in [0.25, 0.3) is 0 Å². The smallest absolute Gasteiger partial charge is 0.323 e. The number of anilines is 2. The molecule has 0 saturated heterocycles. The van der Waals surface area contributed by atoms with Crippen LogP contribution in [0.3, 0.4) is 0 Å². The molecule has 0 heterocycles. The predicted molar refractivity (Wildman–Crippen MR) is 137 cm³/mol. The highest BCUT2D eigenvalue weighted by atomic mass is 16.5. The monoisotopic (exact) mass is 498 g/mol. The number of nitrogens with one attached hydrogen (secondary N) is 3. The predicted octanol–water partition coefficient (Wildman–Crippen LogP) is 3.03. The van der Waals surface area contributed by atoms with Gasteiger partial charge in [0.15, 0.2) is 0 Å². The molecule has 2 aromatic rings. The zero-order chi connectivity index (χ0) is 26.5. The average Bonchev–Trinajstić information content (AvgIpc) is 2.80. The molecule has 0 saturated carbocycles. The standard InChI is InChI=1S/C26H34N4O6/c1-18-7-4-5-8-22(18)29-26(35)28-21-11-9-20(10-12-21)16-24(32)30(13-6-14-36-3)17-23(31)27-19(2)15-25(33)34/h4-5,7-12,19H,6,13-17H2,1-3H3,(H,27,31)(H,33,34)(H2,28,29,35). The molecule has 0 aromatic heterocycles. The first-order chi connectivity index (χ1) is 17.2. The Kier molecular flexibility index (Phi) is 11.4. The summed E-state index contributed by atoms with van der Waals surface area (Å²) in [5, 5.41) is 17.0. The third-order valence-corrected chi connectivity index (χ3v) is 5.31. The molecule has 0 radical (unpaired) electrons. The van der Waals surface area contributed by atoms with Gasteiger partial charge in [0.2, 0.25) is 11.8 Å². The van der Waals surface area contributed by atoms with E-state index in [1.807, 2.05) is 31.2 Å². The molecule has 10 heteroatoms. The summed E-state index contributed by atoms with van der Waals surface area (Å²) in [6.45, 7) is 4.09. The first kappa shape index (κ1) is 28.3. The second kappa shape index (κ2) is 14.5. The number of aliphatic carboxylic acids is 1. The van der Waals surface area contributed by atoms with E-state index in [4.69, 9.17) is 9.84 Å². The molecule has 0 aliphatic carbocycles. The summed E-state index contributed by atoms with van der Waals surface area (Å²) in [5.74, 6) is -1.68. The van der Waals surface area contributed by atoms with Gasteiger partial charge < -0.3 is 30.7 Å². The molecule has 0 fully saturated rings. The minimum Gasteiger partial charge on any atom is -0.481 e. The Morgan fingerprint density at radius 3 is 2.36 bits per heavy atom. The van der Waals surface area contributed by atoms with Crippen LogP contribution in [0.4, 0.5) is 16.2 Å². The molecular weight excluding hydrogens is 464 g/mol. The SMILES string of the molecule is COCCCN(CC(=O)NC(C)CC(=O)O)C(=O)Cc1ccc(NC(=O)Nc2ccccc2C)cc1. The minimum absolute atomic E-state index is 0.0701. The second-order valence-corrected chi connectivity index (χ2v) is 8.50. The Bertz CT molecular complexity index is 1040. The van der Waals surface area contributed by atoms with E-state index in [-0.39, 0.29) is 31.3 Å². The van der Waals surface area contributed by atoms with Gasteiger partial charge in [-0.15, -0.1) is 0 Å². The van der Waals surface area contributed by atoms with Crippen molar-refractivity contribution in [3.63, 3.8) is 0 Å². The maximum atomic E-state index is 12.9. The molecule has 0 aliphatic heterocycles. The largest absolute Gasteiger partial charge is 0.481 e. The Morgan fingerprint density at radius 1 is 1.03 bits per heavy atom. The van der Waals surface area contributed by atoms with Crippen LogP contribution in [-0.4, -0.2) is 66.7 Å². The highest BCUT2D eigenvalue weighted by molar-refractivity contribution is 6.00. The molecule has 2 rings (SSSR count). The van der Waals surface area contributed by atoms with Gasteiger partial charge in [-0.3, -0.25) is 14.4 Å². The van der Waals surface area contributed by atoms with Gasteiger partial charge >= 0.3 is 12.0 Å². The van der Waals surface area contributed by atoms with Crippen LogP contribution in [0.15, 0.2) is 48.5 Å². The Balaban J connectivity index is 1.94. The number of benzene rings is 2. The number of rotatable bonds is 13. The fraction of sp³-hybridized carbons (Fsp3) is 0.385. The summed E-state index contributed by atoms with van der Waals surface area (Å²) >= 11 is 0. The van der Waals surface area contributed by atoms with Gasteiger partial charge in [-0.05, 0) is 49.6 Å². The topological polar surface area (TPSA) is 137 Å². The van der Waals surface area contributed by atoms with Crippen molar-refractivity contribution in [1.29, 1.82) is 0 Å². The van der Waals surface area contributed by atoms with E-state index in [0.717, 1.165) is 11.1 Å². The lowest BCUT2D eigenvalue weighted by molar-refractivity contribution is -0.138. The molecule has 1 atom stereocenters. The Labute approximate surface area is 211 Å². The van der Waals surface area contributed by atoms with Crippen molar-refractivity contribution in [3.8, 4) is 0 Å². The van der Waals surface area contributed by atoms with Gasteiger partial charge in [0.05, 0.1) is 19.4 Å². The maximum Gasteiger partial charge on any atom is 0.323 e. The number of carboxylic acids is 1. The number of methoxy groups -OCH3 is 1. The third kappa shape index (κ3) is 10.1. The van der Waals surface area contributed by atoms with Crippen LogP contribution in [0.25, 0.3) is 0 Å². The van der Waals surface area contributed by atoms with Gasteiger partial charge in [-0.25, -0.2) is 4.79 Å². The number of hydrogen-bond donors (Lipinski definition) is 4. The van der Waals surface area contributed by atoms with Crippen molar-refractivity contribution in [2.24, 2.45) is 0 Å². The fourth-order valence-electron chi connectivity index (χ4n) is 3.49. The number of ether oxygens (including phenoxy) is 1. The van der Waals surface area contributed by atoms with Crippen LogP contribution >= 0.6 is 0 Å². The fourth-order valence-corrected chi connectivity index (χ4v) is 3.49. The quantitative estimate of drug-likeness (QED) is 0.313. The Hall–Kier alpha value is -3.92. The number of carboxylic acid groups (broad SMARTS) is 1. The van der Waals surface area contributed by atoms with Crippen LogP contribution in [0, 0.1) is 6.92 Å². The number of carbonyl (C=O) groups is 4. The molecule has 0 spiro atoms. The lowest BCUT2D eigenvalue weighted by Gasteiger charge is -2.23. The van der Waals surface area contributed by atoms with E-state index >= 15 is 0 Å². The van der Waals surface area contributed by atoms with E-state index in [2.05, 4.69) is 16.0 Å². The number of carbonyl (C=O) groups excluding carboxylic acids is 3. The molecule has 4 amide bonds. The summed E-state index contributed by atoms with van der Waals surface area (Å²) in [6.07, 6.45) is 0.423. The minimum atomic E-state index is -1.01. The number of amides is 4. The Morgan fingerprint density at radius 2 is 1.72 bits per heavy atom. The molecular formula is C26H34N4O6. The zero-order valence-electron chi connectivity index (χ0n) is 20.9. The van der Waals surface area contributed by atoms with Gasteiger partial charge in [0.1, 0.15) is 0 Å². The number of hydrogen-bond acceptors (Lipinski definition) is 5. The van der Waals surface area contributed by atoms with Crippen LogP contribution in [0.1, 0.15) is 30.9 Å². The lowest BCUT2D eigenvalue weighted by atomic mass is 10.1. The molecule has 2 aromatic carbocycles. The molecule has 36 heavy (non-hydrogen) atoms. The second-order valence-electron chi connectivity index (χ2n) is 8.50. The molecule has 10 nitrogen and oxygen atoms in total. The van der Waals surface area contributed by atoms with Crippen molar-refractivity contribution < 1.29 is 29.0 Å². The van der Waals surface area contributed by atoms with E-state index in [0.29, 0.717) is 30.9 Å². The summed E-state index contributed by atoms with van der Waals surface area (Å²) in [6, 6.07) is 13.4. The van der Waals surface area contributed by atoms with Gasteiger partial charge in [-0.2, -0.15) is 0 Å². The van der Waals surface area contributed by atoms with Crippen molar-refractivity contribution in [3.05, 3.63) is 59.7 Å². The molecule has 0 bridgehead atoms. The molecule has 194 valence electrons.